The summed E-state index contributed by atoms with van der Waals surface area (Å²) in [4.78, 5) is 22.5. The second kappa shape index (κ2) is 8.50. The molecule has 7 heteroatoms. The Morgan fingerprint density at radius 3 is 2.39 bits per heavy atom. The van der Waals surface area contributed by atoms with Crippen LogP contribution in [0, 0.1) is 5.41 Å². The quantitative estimate of drug-likeness (QED) is 0.311. The van der Waals surface area contributed by atoms with Gasteiger partial charge in [-0.1, -0.05) is 6.92 Å². The average Bonchev–Trinajstić information content (AvgIpc) is 2.51. The molecule has 1 rings (SSSR count). The van der Waals surface area contributed by atoms with Crippen LogP contribution in [-0.2, 0) is 9.53 Å². The van der Waals surface area contributed by atoms with Gasteiger partial charge in [-0.2, -0.15) is 0 Å². The van der Waals surface area contributed by atoms with Gasteiger partial charge in [0.1, 0.15) is 6.61 Å². The van der Waals surface area contributed by atoms with E-state index in [1.165, 1.54) is 12.1 Å². The van der Waals surface area contributed by atoms with Crippen LogP contribution >= 0.6 is 0 Å². The Bertz CT molecular complexity index is 528. The molecule has 1 atom stereocenters. The zero-order valence-corrected chi connectivity index (χ0v) is 13.6. The van der Waals surface area contributed by atoms with Crippen molar-refractivity contribution in [2.45, 2.75) is 33.5 Å². The SMILES string of the molecule is CCC(C)(C)C(=O)OCCNC(O)Nc1ccc(C(=O)O)cc1. The fourth-order valence-corrected chi connectivity index (χ4v) is 1.60. The fourth-order valence-electron chi connectivity index (χ4n) is 1.60. The number of ether oxygens (including phenoxy) is 1. The second-order valence-electron chi connectivity index (χ2n) is 5.76. The number of nitrogens with one attached hydrogen (secondary N) is 2. The van der Waals surface area contributed by atoms with Crippen LogP contribution in [0.2, 0.25) is 0 Å². The number of carboxylic acids is 1. The highest BCUT2D eigenvalue weighted by Gasteiger charge is 2.26. The summed E-state index contributed by atoms with van der Waals surface area (Å²) in [6.07, 6.45) is -0.348. The van der Waals surface area contributed by atoms with Crippen molar-refractivity contribution in [2.75, 3.05) is 18.5 Å². The lowest BCUT2D eigenvalue weighted by molar-refractivity contribution is -0.154. The Kier molecular flexibility index (Phi) is 6.99. The molecule has 1 unspecified atom stereocenters. The van der Waals surface area contributed by atoms with E-state index in [4.69, 9.17) is 9.84 Å². The lowest BCUT2D eigenvalue weighted by Gasteiger charge is -2.21. The Morgan fingerprint density at radius 2 is 1.87 bits per heavy atom. The van der Waals surface area contributed by atoms with Gasteiger partial charge in [0.25, 0.3) is 0 Å². The summed E-state index contributed by atoms with van der Waals surface area (Å²) in [5.74, 6) is -1.28. The number of aliphatic hydroxyl groups excluding tert-OH is 1. The van der Waals surface area contributed by atoms with Crippen molar-refractivity contribution in [3.05, 3.63) is 29.8 Å². The molecule has 0 saturated heterocycles. The van der Waals surface area contributed by atoms with E-state index in [9.17, 15) is 14.7 Å². The van der Waals surface area contributed by atoms with Crippen molar-refractivity contribution in [2.24, 2.45) is 5.41 Å². The molecule has 23 heavy (non-hydrogen) atoms. The van der Waals surface area contributed by atoms with Crippen LogP contribution in [0.1, 0.15) is 37.6 Å². The summed E-state index contributed by atoms with van der Waals surface area (Å²) in [6, 6.07) is 5.98. The summed E-state index contributed by atoms with van der Waals surface area (Å²) in [6.45, 7) is 5.99. The average molecular weight is 324 g/mol. The van der Waals surface area contributed by atoms with Gasteiger partial charge in [-0.3, -0.25) is 10.1 Å². The smallest absolute Gasteiger partial charge is 0.335 e. The number of aliphatic hydroxyl groups is 1. The molecule has 0 heterocycles. The maximum Gasteiger partial charge on any atom is 0.335 e. The van der Waals surface area contributed by atoms with E-state index in [-0.39, 0.29) is 24.7 Å². The van der Waals surface area contributed by atoms with Gasteiger partial charge >= 0.3 is 11.9 Å². The third-order valence-corrected chi connectivity index (χ3v) is 3.54. The van der Waals surface area contributed by atoms with E-state index in [0.29, 0.717) is 12.1 Å². The lowest BCUT2D eigenvalue weighted by atomic mass is 9.91. The number of esters is 1. The number of carbonyl (C=O) groups excluding carboxylic acids is 1. The standard InChI is InChI=1S/C16H24N2O5/c1-4-16(2,3)14(21)23-10-9-17-15(22)18-12-7-5-11(6-8-12)13(19)20/h5-8,15,17-18,22H,4,9-10H2,1-3H3,(H,19,20). The Labute approximate surface area is 135 Å². The molecular formula is C16H24N2O5. The predicted octanol–water partition coefficient (Wildman–Crippen LogP) is 1.64. The molecular weight excluding hydrogens is 300 g/mol. The normalized spacial score (nSPS) is 12.5. The van der Waals surface area contributed by atoms with Gasteiger partial charge in [-0.05, 0) is 44.5 Å². The number of aromatic carboxylic acids is 1. The Hall–Kier alpha value is -2.12. The highest BCUT2D eigenvalue weighted by atomic mass is 16.5. The van der Waals surface area contributed by atoms with Crippen molar-refractivity contribution >= 4 is 17.6 Å². The zero-order chi connectivity index (χ0) is 17.5. The molecule has 4 N–H and O–H groups in total. The highest BCUT2D eigenvalue weighted by Crippen LogP contribution is 2.21. The van der Waals surface area contributed by atoms with E-state index >= 15 is 0 Å². The van der Waals surface area contributed by atoms with E-state index in [0.717, 1.165) is 0 Å². The van der Waals surface area contributed by atoms with Gasteiger partial charge in [-0.15, -0.1) is 0 Å². The lowest BCUT2D eigenvalue weighted by Crippen LogP contribution is -2.38. The van der Waals surface area contributed by atoms with Crippen molar-refractivity contribution in [3.63, 3.8) is 0 Å². The number of hydrogen-bond acceptors (Lipinski definition) is 6. The van der Waals surface area contributed by atoms with E-state index in [2.05, 4.69) is 10.6 Å². The number of rotatable bonds is 9. The minimum atomic E-state index is -1.04. The Morgan fingerprint density at radius 1 is 1.26 bits per heavy atom. The summed E-state index contributed by atoms with van der Waals surface area (Å²) in [7, 11) is 0. The maximum atomic E-state index is 11.7. The van der Waals surface area contributed by atoms with Crippen molar-refractivity contribution in [1.29, 1.82) is 0 Å². The summed E-state index contributed by atoms with van der Waals surface area (Å²) in [5.41, 5.74) is 0.227. The molecule has 1 aromatic rings. The van der Waals surface area contributed by atoms with Crippen LogP contribution in [-0.4, -0.2) is 41.7 Å². The number of carbonyl (C=O) groups is 2. The number of hydrogen-bond donors (Lipinski definition) is 4. The third kappa shape index (κ3) is 6.25. The molecule has 0 saturated carbocycles. The van der Waals surface area contributed by atoms with Crippen molar-refractivity contribution in [1.82, 2.24) is 5.32 Å². The molecule has 7 nitrogen and oxygen atoms in total. The van der Waals surface area contributed by atoms with Gasteiger partial charge < -0.3 is 20.3 Å². The van der Waals surface area contributed by atoms with Crippen LogP contribution in [0.3, 0.4) is 0 Å². The third-order valence-electron chi connectivity index (χ3n) is 3.54. The summed E-state index contributed by atoms with van der Waals surface area (Å²) >= 11 is 0. The summed E-state index contributed by atoms with van der Waals surface area (Å²) < 4.78 is 5.13. The minimum Gasteiger partial charge on any atom is -0.478 e. The molecule has 0 spiro atoms. The molecule has 0 aromatic heterocycles. The molecule has 0 aliphatic heterocycles. The second-order valence-corrected chi connectivity index (χ2v) is 5.76. The first kappa shape index (κ1) is 18.9. The zero-order valence-electron chi connectivity index (χ0n) is 13.6. The van der Waals surface area contributed by atoms with Crippen molar-refractivity contribution < 1.29 is 24.5 Å². The van der Waals surface area contributed by atoms with E-state index in [1.54, 1.807) is 12.1 Å². The molecule has 0 radical (unpaired) electrons. The van der Waals surface area contributed by atoms with Gasteiger partial charge in [-0.25, -0.2) is 4.79 Å². The molecule has 128 valence electrons. The molecule has 0 fully saturated rings. The molecule has 0 aliphatic rings. The number of benzene rings is 1. The van der Waals surface area contributed by atoms with Gasteiger partial charge in [0.15, 0.2) is 6.35 Å². The van der Waals surface area contributed by atoms with E-state index in [1.807, 2.05) is 20.8 Å². The minimum absolute atomic E-state index is 0.152. The van der Waals surface area contributed by atoms with Gasteiger partial charge in [0.2, 0.25) is 0 Å². The molecule has 0 amide bonds. The largest absolute Gasteiger partial charge is 0.478 e. The Balaban J connectivity index is 2.30. The summed E-state index contributed by atoms with van der Waals surface area (Å²) in [5, 5.41) is 24.1. The van der Waals surface area contributed by atoms with Crippen LogP contribution in [0.4, 0.5) is 5.69 Å². The van der Waals surface area contributed by atoms with Gasteiger partial charge in [0, 0.05) is 12.2 Å². The molecule has 0 aliphatic carbocycles. The maximum absolute atomic E-state index is 11.7. The monoisotopic (exact) mass is 324 g/mol. The van der Waals surface area contributed by atoms with Crippen LogP contribution in [0.15, 0.2) is 24.3 Å². The highest BCUT2D eigenvalue weighted by molar-refractivity contribution is 5.88. The molecule has 0 bridgehead atoms. The number of anilines is 1. The number of carboxylic acid groups (broad SMARTS) is 1. The van der Waals surface area contributed by atoms with Crippen molar-refractivity contribution in [3.8, 4) is 0 Å². The van der Waals surface area contributed by atoms with E-state index < -0.39 is 17.7 Å². The topological polar surface area (TPSA) is 108 Å². The van der Waals surface area contributed by atoms with Gasteiger partial charge in [0.05, 0.1) is 11.0 Å². The first-order valence-corrected chi connectivity index (χ1v) is 7.45. The first-order valence-electron chi connectivity index (χ1n) is 7.45. The predicted molar refractivity (Wildman–Crippen MR) is 86.1 cm³/mol. The van der Waals surface area contributed by atoms with Crippen LogP contribution < -0.4 is 10.6 Å². The van der Waals surface area contributed by atoms with Crippen LogP contribution in [0.25, 0.3) is 0 Å². The van der Waals surface area contributed by atoms with Crippen LogP contribution in [0.5, 0.6) is 0 Å². The first-order chi connectivity index (χ1) is 10.8. The fraction of sp³-hybridized carbons (Fsp3) is 0.500. The molecule has 1 aromatic carbocycles.